The topological polar surface area (TPSA) is 40.5 Å². The fourth-order valence-electron chi connectivity index (χ4n) is 2.81. The number of aliphatic hydroxyl groups is 2. The molecule has 2 N–H and O–H groups in total. The van der Waals surface area contributed by atoms with Gasteiger partial charge in [0.15, 0.2) is 0 Å². The zero-order valence-electron chi connectivity index (χ0n) is 13.3. The van der Waals surface area contributed by atoms with Gasteiger partial charge in [-0.2, -0.15) is 0 Å². The summed E-state index contributed by atoms with van der Waals surface area (Å²) in [5.74, 6) is 0. The highest BCUT2D eigenvalue weighted by Gasteiger charge is 2.24. The molecule has 0 aromatic carbocycles. The molecule has 0 rings (SSSR count). The van der Waals surface area contributed by atoms with Crippen LogP contribution in [0.15, 0.2) is 0 Å². The van der Waals surface area contributed by atoms with E-state index in [1.54, 1.807) is 0 Å². The van der Waals surface area contributed by atoms with E-state index in [4.69, 9.17) is 5.11 Å². The van der Waals surface area contributed by atoms with Crippen LogP contribution in [0.2, 0.25) is 0 Å². The Balaban J connectivity index is 3.44. The Labute approximate surface area is 120 Å². The number of rotatable bonds is 14. The molecule has 0 radical (unpaired) electrons. The molecule has 1 atom stereocenters. The van der Waals surface area contributed by atoms with Crippen LogP contribution in [0.1, 0.15) is 97.3 Å². The van der Waals surface area contributed by atoms with Crippen LogP contribution >= 0.6 is 0 Å². The summed E-state index contributed by atoms with van der Waals surface area (Å²) >= 11 is 0. The van der Waals surface area contributed by atoms with Gasteiger partial charge in [0.1, 0.15) is 0 Å². The molecule has 1 unspecified atom stereocenters. The summed E-state index contributed by atoms with van der Waals surface area (Å²) in [7, 11) is 0. The average molecular weight is 272 g/mol. The number of hydrogen-bond acceptors (Lipinski definition) is 2. The number of aliphatic hydroxyl groups excluding tert-OH is 1. The summed E-state index contributed by atoms with van der Waals surface area (Å²) in [5.41, 5.74) is -0.607. The van der Waals surface area contributed by atoms with Crippen molar-refractivity contribution in [3.63, 3.8) is 0 Å². The third-order valence-electron chi connectivity index (χ3n) is 4.04. The third-order valence-corrected chi connectivity index (χ3v) is 4.04. The van der Waals surface area contributed by atoms with Crippen molar-refractivity contribution in [3.8, 4) is 0 Å². The van der Waals surface area contributed by atoms with Crippen molar-refractivity contribution in [2.75, 3.05) is 6.61 Å². The summed E-state index contributed by atoms with van der Waals surface area (Å²) in [4.78, 5) is 0. The van der Waals surface area contributed by atoms with E-state index >= 15 is 0 Å². The third kappa shape index (κ3) is 11.4. The second kappa shape index (κ2) is 12.9. The van der Waals surface area contributed by atoms with Gasteiger partial charge in [0, 0.05) is 6.61 Å². The van der Waals surface area contributed by atoms with Gasteiger partial charge >= 0.3 is 0 Å². The van der Waals surface area contributed by atoms with E-state index in [1.165, 1.54) is 51.4 Å². The van der Waals surface area contributed by atoms with E-state index in [2.05, 4.69) is 13.8 Å². The quantitative estimate of drug-likeness (QED) is 0.445. The highest BCUT2D eigenvalue weighted by molar-refractivity contribution is 4.77. The maximum atomic E-state index is 10.4. The second-order valence-corrected chi connectivity index (χ2v) is 6.03. The predicted molar refractivity (Wildman–Crippen MR) is 83.4 cm³/mol. The fourth-order valence-corrected chi connectivity index (χ4v) is 2.81. The first-order valence-electron chi connectivity index (χ1n) is 8.51. The largest absolute Gasteiger partial charge is 0.396 e. The maximum Gasteiger partial charge on any atom is 0.0669 e. The lowest BCUT2D eigenvalue weighted by molar-refractivity contribution is -0.00253. The average Bonchev–Trinajstić information content (AvgIpc) is 2.37. The Kier molecular flexibility index (Phi) is 12.9. The molecule has 0 amide bonds. The predicted octanol–water partition coefficient (Wildman–Crippen LogP) is 4.82. The van der Waals surface area contributed by atoms with Gasteiger partial charge in [0.05, 0.1) is 5.60 Å². The van der Waals surface area contributed by atoms with E-state index in [1.807, 2.05) is 0 Å². The minimum Gasteiger partial charge on any atom is -0.396 e. The highest BCUT2D eigenvalue weighted by atomic mass is 16.3. The minimum absolute atomic E-state index is 0.105. The summed E-state index contributed by atoms with van der Waals surface area (Å²) in [6.45, 7) is 4.45. The smallest absolute Gasteiger partial charge is 0.0669 e. The van der Waals surface area contributed by atoms with Crippen LogP contribution in [-0.4, -0.2) is 22.4 Å². The van der Waals surface area contributed by atoms with Gasteiger partial charge in [-0.25, -0.2) is 0 Å². The Bertz CT molecular complexity index is 174. The first-order valence-corrected chi connectivity index (χ1v) is 8.51. The first kappa shape index (κ1) is 18.9. The summed E-state index contributed by atoms with van der Waals surface area (Å²) in [6.07, 6.45) is 15.0. The summed E-state index contributed by atoms with van der Waals surface area (Å²) < 4.78 is 0. The number of hydrogen-bond donors (Lipinski definition) is 2. The molecule has 116 valence electrons. The molecule has 0 aliphatic rings. The molecule has 0 saturated heterocycles. The minimum atomic E-state index is -0.607. The Morgan fingerprint density at radius 3 is 1.63 bits per heavy atom. The van der Waals surface area contributed by atoms with Gasteiger partial charge in [0.25, 0.3) is 0 Å². The van der Waals surface area contributed by atoms with Crippen LogP contribution in [0.3, 0.4) is 0 Å². The van der Waals surface area contributed by atoms with Crippen molar-refractivity contribution in [1.82, 2.24) is 0 Å². The fraction of sp³-hybridized carbons (Fsp3) is 1.00. The Morgan fingerprint density at radius 2 is 1.16 bits per heavy atom. The van der Waals surface area contributed by atoms with Crippen molar-refractivity contribution >= 4 is 0 Å². The van der Waals surface area contributed by atoms with Crippen LogP contribution in [-0.2, 0) is 0 Å². The van der Waals surface area contributed by atoms with Crippen LogP contribution in [0.4, 0.5) is 0 Å². The molecule has 0 aromatic rings. The molecular formula is C17H36O2. The van der Waals surface area contributed by atoms with Crippen molar-refractivity contribution in [3.05, 3.63) is 0 Å². The molecule has 0 spiro atoms. The molecule has 19 heavy (non-hydrogen) atoms. The molecule has 0 aliphatic heterocycles. The van der Waals surface area contributed by atoms with E-state index in [0.717, 1.165) is 25.7 Å². The Hall–Kier alpha value is -0.0800. The molecule has 2 nitrogen and oxygen atoms in total. The van der Waals surface area contributed by atoms with Crippen LogP contribution in [0.5, 0.6) is 0 Å². The summed E-state index contributed by atoms with van der Waals surface area (Å²) in [6, 6.07) is 0. The lowest BCUT2D eigenvalue weighted by Gasteiger charge is -2.27. The second-order valence-electron chi connectivity index (χ2n) is 6.03. The standard InChI is InChI=1S/C17H36O2/c1-3-5-6-7-8-9-10-11-12-14-17(19,13-4-2)15-16-18/h18-19H,3-16H2,1-2H3. The first-order chi connectivity index (χ1) is 9.18. The molecule has 0 heterocycles. The lowest BCUT2D eigenvalue weighted by atomic mass is 9.88. The van der Waals surface area contributed by atoms with E-state index < -0.39 is 5.60 Å². The lowest BCUT2D eigenvalue weighted by Crippen LogP contribution is -2.29. The van der Waals surface area contributed by atoms with Crippen molar-refractivity contribution in [2.24, 2.45) is 0 Å². The van der Waals surface area contributed by atoms with E-state index in [9.17, 15) is 5.11 Å². The van der Waals surface area contributed by atoms with Gasteiger partial charge < -0.3 is 10.2 Å². The Morgan fingerprint density at radius 1 is 0.632 bits per heavy atom. The van der Waals surface area contributed by atoms with Gasteiger partial charge in [-0.3, -0.25) is 0 Å². The zero-order chi connectivity index (χ0) is 14.4. The molecule has 2 heteroatoms. The molecule has 0 bridgehead atoms. The van der Waals surface area contributed by atoms with Gasteiger partial charge in [0.2, 0.25) is 0 Å². The molecule has 0 aliphatic carbocycles. The normalized spacial score (nSPS) is 14.5. The van der Waals surface area contributed by atoms with Crippen LogP contribution in [0.25, 0.3) is 0 Å². The van der Waals surface area contributed by atoms with E-state index in [-0.39, 0.29) is 6.61 Å². The van der Waals surface area contributed by atoms with Gasteiger partial charge in [-0.1, -0.05) is 78.1 Å². The molecule has 0 aromatic heterocycles. The van der Waals surface area contributed by atoms with Crippen molar-refractivity contribution < 1.29 is 10.2 Å². The van der Waals surface area contributed by atoms with Gasteiger partial charge in [-0.05, 0) is 19.3 Å². The van der Waals surface area contributed by atoms with Crippen molar-refractivity contribution in [2.45, 2.75) is 103 Å². The maximum absolute atomic E-state index is 10.4. The van der Waals surface area contributed by atoms with Crippen LogP contribution < -0.4 is 0 Å². The SMILES string of the molecule is CCCCCCCCCCCC(O)(CCC)CCO. The van der Waals surface area contributed by atoms with Gasteiger partial charge in [-0.15, -0.1) is 0 Å². The molecular weight excluding hydrogens is 236 g/mol. The molecule has 0 saturated carbocycles. The number of unbranched alkanes of at least 4 members (excludes halogenated alkanes) is 8. The monoisotopic (exact) mass is 272 g/mol. The summed E-state index contributed by atoms with van der Waals surface area (Å²) in [5, 5.41) is 19.4. The van der Waals surface area contributed by atoms with Crippen LogP contribution in [0, 0.1) is 0 Å². The molecule has 0 fully saturated rings. The highest BCUT2D eigenvalue weighted by Crippen LogP contribution is 2.24. The zero-order valence-corrected chi connectivity index (χ0v) is 13.3. The van der Waals surface area contributed by atoms with E-state index in [0.29, 0.717) is 6.42 Å². The van der Waals surface area contributed by atoms with Crippen molar-refractivity contribution in [1.29, 1.82) is 0 Å².